The molecule has 0 saturated carbocycles. The van der Waals surface area contributed by atoms with Crippen molar-refractivity contribution in [3.8, 4) is 0 Å². The fraction of sp³-hybridized carbons (Fsp3) is 0.176. The number of hydrogen-bond donors (Lipinski definition) is 2. The molecule has 0 aliphatic rings. The number of rotatable bonds is 5. The van der Waals surface area contributed by atoms with Crippen LogP contribution < -0.4 is 5.32 Å². The molecule has 22 heavy (non-hydrogen) atoms. The Morgan fingerprint density at radius 3 is 2.41 bits per heavy atom. The second-order valence-corrected chi connectivity index (χ2v) is 6.25. The molecule has 0 bridgehead atoms. The second kappa shape index (κ2) is 7.13. The van der Waals surface area contributed by atoms with Crippen LogP contribution in [-0.4, -0.2) is 22.2 Å². The second-order valence-electron chi connectivity index (χ2n) is 4.87. The Morgan fingerprint density at radius 2 is 1.73 bits per heavy atom. The standard InChI is InChI=1S/C17H17NO3S/c1-11-7-3-5-9-14(11)18-16(19)12(2)22-15-10-6-4-8-13(15)17(20)21/h3-10,12H,1-2H3,(H,18,19)(H,20,21). The number of nitrogens with one attached hydrogen (secondary N) is 1. The van der Waals surface area contributed by atoms with E-state index in [2.05, 4.69) is 5.32 Å². The molecule has 1 atom stereocenters. The van der Waals surface area contributed by atoms with E-state index in [1.807, 2.05) is 31.2 Å². The van der Waals surface area contributed by atoms with Gasteiger partial charge < -0.3 is 10.4 Å². The van der Waals surface area contributed by atoms with Crippen LogP contribution >= 0.6 is 11.8 Å². The Labute approximate surface area is 133 Å². The van der Waals surface area contributed by atoms with Crippen LogP contribution in [0, 0.1) is 6.92 Å². The van der Waals surface area contributed by atoms with Crippen molar-refractivity contribution in [2.75, 3.05) is 5.32 Å². The van der Waals surface area contributed by atoms with Crippen LogP contribution in [0.3, 0.4) is 0 Å². The van der Waals surface area contributed by atoms with Gasteiger partial charge in [-0.15, -0.1) is 11.8 Å². The van der Waals surface area contributed by atoms with Crippen LogP contribution in [0.4, 0.5) is 5.69 Å². The molecule has 2 aromatic carbocycles. The lowest BCUT2D eigenvalue weighted by molar-refractivity contribution is -0.115. The van der Waals surface area contributed by atoms with Crippen molar-refractivity contribution >= 4 is 29.3 Å². The molecule has 0 heterocycles. The first-order valence-electron chi connectivity index (χ1n) is 6.84. The van der Waals surface area contributed by atoms with E-state index in [0.717, 1.165) is 11.3 Å². The molecular formula is C17H17NO3S. The molecule has 2 N–H and O–H groups in total. The number of benzene rings is 2. The zero-order valence-electron chi connectivity index (χ0n) is 12.4. The lowest BCUT2D eigenvalue weighted by atomic mass is 10.2. The highest BCUT2D eigenvalue weighted by atomic mass is 32.2. The van der Waals surface area contributed by atoms with Crippen LogP contribution in [0.5, 0.6) is 0 Å². The smallest absolute Gasteiger partial charge is 0.336 e. The third kappa shape index (κ3) is 3.89. The number of carboxylic acid groups (broad SMARTS) is 1. The van der Waals surface area contributed by atoms with Gasteiger partial charge in [-0.1, -0.05) is 30.3 Å². The maximum atomic E-state index is 12.3. The minimum atomic E-state index is -0.991. The first-order chi connectivity index (χ1) is 10.5. The lowest BCUT2D eigenvalue weighted by Gasteiger charge is -2.14. The number of carbonyl (C=O) groups excluding carboxylic acids is 1. The Morgan fingerprint density at radius 1 is 1.09 bits per heavy atom. The summed E-state index contributed by atoms with van der Waals surface area (Å²) >= 11 is 1.24. The Balaban J connectivity index is 2.09. The molecule has 1 unspecified atom stereocenters. The molecule has 0 aromatic heterocycles. The molecule has 1 amide bonds. The minimum absolute atomic E-state index is 0.153. The summed E-state index contributed by atoms with van der Waals surface area (Å²) in [6, 6.07) is 14.2. The largest absolute Gasteiger partial charge is 0.478 e. The number of aromatic carboxylic acids is 1. The summed E-state index contributed by atoms with van der Waals surface area (Å²) in [5.74, 6) is -1.14. The van der Waals surface area contributed by atoms with Gasteiger partial charge in [0.25, 0.3) is 0 Å². The number of carboxylic acids is 1. The molecule has 0 aliphatic heterocycles. The van der Waals surface area contributed by atoms with Gasteiger partial charge in [-0.2, -0.15) is 0 Å². The number of hydrogen-bond acceptors (Lipinski definition) is 3. The van der Waals surface area contributed by atoms with Gasteiger partial charge in [-0.25, -0.2) is 4.79 Å². The monoisotopic (exact) mass is 315 g/mol. The van der Waals surface area contributed by atoms with Crippen molar-refractivity contribution in [2.24, 2.45) is 0 Å². The Kier molecular flexibility index (Phi) is 5.22. The summed E-state index contributed by atoms with van der Waals surface area (Å²) in [4.78, 5) is 24.1. The van der Waals surface area contributed by atoms with Crippen molar-refractivity contribution in [3.05, 3.63) is 59.7 Å². The summed E-state index contributed by atoms with van der Waals surface area (Å²) in [5.41, 5.74) is 1.97. The zero-order chi connectivity index (χ0) is 16.1. The van der Waals surface area contributed by atoms with Crippen molar-refractivity contribution < 1.29 is 14.7 Å². The fourth-order valence-electron chi connectivity index (χ4n) is 1.94. The summed E-state index contributed by atoms with van der Waals surface area (Å²) in [6.45, 7) is 3.68. The fourth-order valence-corrected chi connectivity index (χ4v) is 2.92. The highest BCUT2D eigenvalue weighted by Gasteiger charge is 2.18. The maximum Gasteiger partial charge on any atom is 0.336 e. The van der Waals surface area contributed by atoms with E-state index in [4.69, 9.17) is 0 Å². The van der Waals surface area contributed by atoms with E-state index < -0.39 is 11.2 Å². The summed E-state index contributed by atoms with van der Waals surface area (Å²) in [5, 5.41) is 11.6. The number of aryl methyl sites for hydroxylation is 1. The van der Waals surface area contributed by atoms with Crippen LogP contribution in [0.15, 0.2) is 53.4 Å². The number of para-hydroxylation sites is 1. The summed E-state index contributed by atoms with van der Waals surface area (Å²) < 4.78 is 0. The molecule has 2 aromatic rings. The quantitative estimate of drug-likeness (QED) is 0.823. The first-order valence-corrected chi connectivity index (χ1v) is 7.72. The van der Waals surface area contributed by atoms with Gasteiger partial charge in [0, 0.05) is 10.6 Å². The molecule has 0 aliphatic carbocycles. The molecular weight excluding hydrogens is 298 g/mol. The molecule has 5 heteroatoms. The lowest BCUT2D eigenvalue weighted by Crippen LogP contribution is -2.23. The van der Waals surface area contributed by atoms with Crippen LogP contribution in [0.25, 0.3) is 0 Å². The van der Waals surface area contributed by atoms with Gasteiger partial charge in [0.1, 0.15) is 0 Å². The van der Waals surface area contributed by atoms with Crippen molar-refractivity contribution in [1.82, 2.24) is 0 Å². The Bertz CT molecular complexity index is 700. The van der Waals surface area contributed by atoms with Crippen molar-refractivity contribution in [2.45, 2.75) is 24.0 Å². The molecule has 0 radical (unpaired) electrons. The van der Waals surface area contributed by atoms with Crippen LogP contribution in [0.2, 0.25) is 0 Å². The van der Waals surface area contributed by atoms with Crippen LogP contribution in [-0.2, 0) is 4.79 Å². The van der Waals surface area contributed by atoms with Gasteiger partial charge in [-0.3, -0.25) is 4.79 Å². The molecule has 2 rings (SSSR count). The SMILES string of the molecule is Cc1ccccc1NC(=O)C(C)Sc1ccccc1C(=O)O. The summed E-state index contributed by atoms with van der Waals surface area (Å²) in [7, 11) is 0. The van der Waals surface area contributed by atoms with Gasteiger partial charge in [0.05, 0.1) is 10.8 Å². The molecule has 0 spiro atoms. The van der Waals surface area contributed by atoms with E-state index in [0.29, 0.717) is 4.90 Å². The van der Waals surface area contributed by atoms with Crippen LogP contribution in [0.1, 0.15) is 22.8 Å². The van der Waals surface area contributed by atoms with Crippen molar-refractivity contribution in [1.29, 1.82) is 0 Å². The van der Waals surface area contributed by atoms with Gasteiger partial charge >= 0.3 is 5.97 Å². The van der Waals surface area contributed by atoms with E-state index in [-0.39, 0.29) is 11.5 Å². The highest BCUT2D eigenvalue weighted by Crippen LogP contribution is 2.28. The van der Waals surface area contributed by atoms with E-state index in [1.54, 1.807) is 25.1 Å². The average Bonchev–Trinajstić information content (AvgIpc) is 2.49. The van der Waals surface area contributed by atoms with E-state index in [1.165, 1.54) is 17.8 Å². The topological polar surface area (TPSA) is 66.4 Å². The molecule has 0 fully saturated rings. The van der Waals surface area contributed by atoms with Crippen molar-refractivity contribution in [3.63, 3.8) is 0 Å². The number of carbonyl (C=O) groups is 2. The number of thioether (sulfide) groups is 1. The molecule has 114 valence electrons. The third-order valence-corrected chi connectivity index (χ3v) is 4.37. The number of amides is 1. The average molecular weight is 315 g/mol. The maximum absolute atomic E-state index is 12.3. The van der Waals surface area contributed by atoms with E-state index in [9.17, 15) is 14.7 Å². The molecule has 0 saturated heterocycles. The van der Waals surface area contributed by atoms with E-state index >= 15 is 0 Å². The van der Waals surface area contributed by atoms with Gasteiger partial charge in [-0.05, 0) is 37.6 Å². The predicted molar refractivity (Wildman–Crippen MR) is 88.5 cm³/mol. The normalized spacial score (nSPS) is 11.7. The highest BCUT2D eigenvalue weighted by molar-refractivity contribution is 8.00. The first kappa shape index (κ1) is 16.1. The number of anilines is 1. The summed E-state index contributed by atoms with van der Waals surface area (Å²) in [6.07, 6.45) is 0. The molecule has 4 nitrogen and oxygen atoms in total. The minimum Gasteiger partial charge on any atom is -0.478 e. The predicted octanol–water partition coefficient (Wildman–Crippen LogP) is 3.81. The Hall–Kier alpha value is -2.27. The zero-order valence-corrected chi connectivity index (χ0v) is 13.2. The third-order valence-electron chi connectivity index (χ3n) is 3.19. The van der Waals surface area contributed by atoms with Gasteiger partial charge in [0.15, 0.2) is 0 Å². The van der Waals surface area contributed by atoms with Gasteiger partial charge in [0.2, 0.25) is 5.91 Å².